The highest BCUT2D eigenvalue weighted by molar-refractivity contribution is 7.99. The molecule has 0 fully saturated rings. The van der Waals surface area contributed by atoms with Crippen molar-refractivity contribution in [2.75, 3.05) is 12.3 Å². The number of nitrogens with one attached hydrogen (secondary N) is 1. The third kappa shape index (κ3) is 4.67. The zero-order chi connectivity index (χ0) is 10.9. The van der Waals surface area contributed by atoms with Gasteiger partial charge in [0, 0.05) is 12.7 Å². The molecule has 84 valence electrons. The summed E-state index contributed by atoms with van der Waals surface area (Å²) in [6.07, 6.45) is 4.40. The smallest absolute Gasteiger partial charge is 0.100 e. The molecule has 0 saturated carbocycles. The van der Waals surface area contributed by atoms with Gasteiger partial charge in [-0.05, 0) is 30.3 Å². The Morgan fingerprint density at radius 1 is 1.40 bits per heavy atom. The number of aromatic nitrogens is 1. The third-order valence-electron chi connectivity index (χ3n) is 2.15. The zero-order valence-electron chi connectivity index (χ0n) is 9.62. The van der Waals surface area contributed by atoms with Crippen molar-refractivity contribution in [1.82, 2.24) is 10.3 Å². The van der Waals surface area contributed by atoms with Crippen LogP contribution in [-0.4, -0.2) is 17.3 Å². The highest BCUT2D eigenvalue weighted by Crippen LogP contribution is 2.20. The number of rotatable bonds is 7. The first kappa shape index (κ1) is 12.5. The molecule has 2 nitrogen and oxygen atoms in total. The van der Waals surface area contributed by atoms with Gasteiger partial charge in [-0.3, -0.25) is 0 Å². The van der Waals surface area contributed by atoms with E-state index in [9.17, 15) is 0 Å². The maximum atomic E-state index is 4.43. The minimum Gasteiger partial charge on any atom is -0.313 e. The maximum absolute atomic E-state index is 4.43. The number of pyridine rings is 1. The number of unbranched alkanes of at least 4 members (excludes halogenated alkanes) is 1. The van der Waals surface area contributed by atoms with Crippen molar-refractivity contribution in [3.05, 3.63) is 23.9 Å². The van der Waals surface area contributed by atoms with Crippen LogP contribution < -0.4 is 5.32 Å². The van der Waals surface area contributed by atoms with Crippen LogP contribution in [0.2, 0.25) is 0 Å². The van der Waals surface area contributed by atoms with Gasteiger partial charge in [0.1, 0.15) is 5.03 Å². The molecule has 0 aromatic carbocycles. The summed E-state index contributed by atoms with van der Waals surface area (Å²) in [5.41, 5.74) is 1.32. The Kier molecular flexibility index (Phi) is 6.44. The zero-order valence-corrected chi connectivity index (χ0v) is 10.4. The molecule has 0 spiro atoms. The van der Waals surface area contributed by atoms with Gasteiger partial charge in [0.05, 0.1) is 0 Å². The number of hydrogen-bond acceptors (Lipinski definition) is 3. The van der Waals surface area contributed by atoms with E-state index in [4.69, 9.17) is 0 Å². The molecule has 0 atom stereocenters. The van der Waals surface area contributed by atoms with Crippen LogP contribution in [0.1, 0.15) is 32.3 Å². The maximum Gasteiger partial charge on any atom is 0.100 e. The summed E-state index contributed by atoms with van der Waals surface area (Å²) in [6.45, 7) is 6.28. The lowest BCUT2D eigenvalue weighted by molar-refractivity contribution is 0.711. The molecule has 3 heteroatoms. The summed E-state index contributed by atoms with van der Waals surface area (Å²) in [5, 5.41) is 4.53. The Bertz CT molecular complexity index is 276. The van der Waals surface area contributed by atoms with Crippen molar-refractivity contribution >= 4 is 11.8 Å². The Morgan fingerprint density at radius 2 is 2.27 bits per heavy atom. The van der Waals surface area contributed by atoms with Gasteiger partial charge in [-0.25, -0.2) is 4.98 Å². The monoisotopic (exact) mass is 224 g/mol. The molecule has 0 unspecified atom stereocenters. The second kappa shape index (κ2) is 7.71. The second-order valence-electron chi connectivity index (χ2n) is 3.45. The van der Waals surface area contributed by atoms with Crippen molar-refractivity contribution in [3.8, 4) is 0 Å². The van der Waals surface area contributed by atoms with Crippen molar-refractivity contribution < 1.29 is 0 Å². The van der Waals surface area contributed by atoms with Crippen LogP contribution in [0.25, 0.3) is 0 Å². The summed E-state index contributed by atoms with van der Waals surface area (Å²) < 4.78 is 0. The van der Waals surface area contributed by atoms with Crippen LogP contribution in [0, 0.1) is 0 Å². The highest BCUT2D eigenvalue weighted by Gasteiger charge is 2.02. The van der Waals surface area contributed by atoms with Gasteiger partial charge in [-0.2, -0.15) is 0 Å². The predicted octanol–water partition coefficient (Wildman–Crippen LogP) is 3.08. The topological polar surface area (TPSA) is 24.9 Å². The molecule has 0 bridgehead atoms. The minimum absolute atomic E-state index is 0.929. The Labute approximate surface area is 96.9 Å². The van der Waals surface area contributed by atoms with E-state index < -0.39 is 0 Å². The fraction of sp³-hybridized carbons (Fsp3) is 0.583. The molecule has 1 aromatic heterocycles. The van der Waals surface area contributed by atoms with Crippen molar-refractivity contribution in [1.29, 1.82) is 0 Å². The van der Waals surface area contributed by atoms with E-state index in [0.29, 0.717) is 0 Å². The number of hydrogen-bond donors (Lipinski definition) is 1. The number of thioether (sulfide) groups is 1. The van der Waals surface area contributed by atoms with Crippen LogP contribution in [0.5, 0.6) is 0 Å². The van der Waals surface area contributed by atoms with Crippen molar-refractivity contribution in [3.63, 3.8) is 0 Å². The molecule has 0 radical (unpaired) electrons. The molecule has 0 saturated heterocycles. The van der Waals surface area contributed by atoms with E-state index in [1.807, 2.05) is 24.0 Å². The molecule has 0 amide bonds. The first-order valence-electron chi connectivity index (χ1n) is 5.65. The van der Waals surface area contributed by atoms with Gasteiger partial charge in [0.15, 0.2) is 0 Å². The fourth-order valence-electron chi connectivity index (χ4n) is 1.26. The van der Waals surface area contributed by atoms with Crippen LogP contribution >= 0.6 is 11.8 Å². The standard InChI is InChI=1S/C12H20N2S/c1-3-5-9-15-12-11(10-13-4-2)7-6-8-14-12/h6-8,13H,3-5,9-10H2,1-2H3. The van der Waals surface area contributed by atoms with E-state index >= 15 is 0 Å². The average Bonchev–Trinajstić information content (AvgIpc) is 2.28. The molecule has 1 heterocycles. The van der Waals surface area contributed by atoms with Gasteiger partial charge < -0.3 is 5.32 Å². The summed E-state index contributed by atoms with van der Waals surface area (Å²) >= 11 is 1.87. The largest absolute Gasteiger partial charge is 0.313 e. The van der Waals surface area contributed by atoms with Crippen molar-refractivity contribution in [2.24, 2.45) is 0 Å². The summed E-state index contributed by atoms with van der Waals surface area (Å²) in [4.78, 5) is 4.43. The lowest BCUT2D eigenvalue weighted by Crippen LogP contribution is -2.12. The van der Waals surface area contributed by atoms with Crippen molar-refractivity contribution in [2.45, 2.75) is 38.3 Å². The first-order valence-corrected chi connectivity index (χ1v) is 6.64. The van der Waals surface area contributed by atoms with Crippen LogP contribution in [-0.2, 0) is 6.54 Å². The molecule has 1 N–H and O–H groups in total. The van der Waals surface area contributed by atoms with Gasteiger partial charge in [-0.15, -0.1) is 11.8 Å². The predicted molar refractivity (Wildman–Crippen MR) is 67.2 cm³/mol. The molecular formula is C12H20N2S. The van der Waals surface area contributed by atoms with E-state index in [-0.39, 0.29) is 0 Å². The number of nitrogens with zero attached hydrogens (tertiary/aromatic N) is 1. The molecule has 0 aliphatic carbocycles. The van der Waals surface area contributed by atoms with Crippen LogP contribution in [0.15, 0.2) is 23.4 Å². The Balaban J connectivity index is 2.52. The van der Waals surface area contributed by atoms with Gasteiger partial charge in [-0.1, -0.05) is 26.3 Å². The lowest BCUT2D eigenvalue weighted by Gasteiger charge is -2.07. The fourth-order valence-corrected chi connectivity index (χ4v) is 2.35. The SMILES string of the molecule is CCCCSc1ncccc1CNCC. The van der Waals surface area contributed by atoms with E-state index in [0.717, 1.165) is 13.1 Å². The second-order valence-corrected chi connectivity index (χ2v) is 4.53. The van der Waals surface area contributed by atoms with Crippen LogP contribution in [0.4, 0.5) is 0 Å². The van der Waals surface area contributed by atoms with E-state index in [1.54, 1.807) is 0 Å². The minimum atomic E-state index is 0.929. The molecule has 0 aliphatic rings. The van der Waals surface area contributed by atoms with Gasteiger partial charge in [0.25, 0.3) is 0 Å². The van der Waals surface area contributed by atoms with Gasteiger partial charge in [0.2, 0.25) is 0 Å². The van der Waals surface area contributed by atoms with Crippen LogP contribution in [0.3, 0.4) is 0 Å². The third-order valence-corrected chi connectivity index (χ3v) is 3.29. The molecule has 1 rings (SSSR count). The quantitative estimate of drug-likeness (QED) is 0.569. The average molecular weight is 224 g/mol. The molecule has 0 aliphatic heterocycles. The summed E-state index contributed by atoms with van der Waals surface area (Å²) in [6, 6.07) is 4.17. The summed E-state index contributed by atoms with van der Waals surface area (Å²) in [5.74, 6) is 1.17. The normalized spacial score (nSPS) is 10.5. The first-order chi connectivity index (χ1) is 7.38. The van der Waals surface area contributed by atoms with Gasteiger partial charge >= 0.3 is 0 Å². The Hall–Kier alpha value is -0.540. The lowest BCUT2D eigenvalue weighted by atomic mass is 10.3. The molecule has 15 heavy (non-hydrogen) atoms. The van der Waals surface area contributed by atoms with E-state index in [1.165, 1.54) is 29.2 Å². The van der Waals surface area contributed by atoms with E-state index in [2.05, 4.69) is 30.2 Å². The highest BCUT2D eigenvalue weighted by atomic mass is 32.2. The molecule has 1 aromatic rings. The Morgan fingerprint density at radius 3 is 3.00 bits per heavy atom. The molecular weight excluding hydrogens is 204 g/mol. The summed E-state index contributed by atoms with van der Waals surface area (Å²) in [7, 11) is 0.